The summed E-state index contributed by atoms with van der Waals surface area (Å²) in [6.07, 6.45) is 0. The highest BCUT2D eigenvalue weighted by Crippen LogP contribution is 2.14. The summed E-state index contributed by atoms with van der Waals surface area (Å²) in [6.45, 7) is -0.222. The molecule has 0 aliphatic rings. The lowest BCUT2D eigenvalue weighted by atomic mass is 10.3. The van der Waals surface area contributed by atoms with E-state index in [0.717, 1.165) is 18.2 Å². The molecule has 0 heterocycles. The number of primary sulfonamides is 1. The second kappa shape index (κ2) is 6.71. The summed E-state index contributed by atoms with van der Waals surface area (Å²) < 4.78 is 48.2. The Kier molecular flexibility index (Phi) is 4.92. The second-order valence-corrected chi connectivity index (χ2v) is 6.19. The molecule has 122 valence electrons. The van der Waals surface area contributed by atoms with E-state index < -0.39 is 27.6 Å². The van der Waals surface area contributed by atoms with Crippen LogP contribution in [-0.4, -0.2) is 20.9 Å². The van der Waals surface area contributed by atoms with Gasteiger partial charge in [0.2, 0.25) is 15.9 Å². The van der Waals surface area contributed by atoms with Crippen molar-refractivity contribution in [2.45, 2.75) is 4.90 Å². The number of benzene rings is 2. The molecular formula is C14H13F2N3O3S. The second-order valence-electron chi connectivity index (χ2n) is 4.63. The number of amides is 1. The molecule has 6 nitrogen and oxygen atoms in total. The predicted molar refractivity (Wildman–Crippen MR) is 81.3 cm³/mol. The monoisotopic (exact) mass is 341 g/mol. The van der Waals surface area contributed by atoms with Crippen LogP contribution in [0.3, 0.4) is 0 Å². The minimum atomic E-state index is -3.80. The lowest BCUT2D eigenvalue weighted by Crippen LogP contribution is -2.22. The number of sulfonamides is 1. The zero-order chi connectivity index (χ0) is 17.0. The molecule has 1 amide bonds. The Morgan fingerprint density at radius 2 is 1.57 bits per heavy atom. The van der Waals surface area contributed by atoms with Crippen LogP contribution in [0.25, 0.3) is 0 Å². The van der Waals surface area contributed by atoms with E-state index >= 15 is 0 Å². The molecule has 2 aromatic carbocycles. The number of carbonyl (C=O) groups excluding carboxylic acids is 1. The van der Waals surface area contributed by atoms with Crippen LogP contribution in [-0.2, 0) is 14.8 Å². The van der Waals surface area contributed by atoms with Crippen molar-refractivity contribution in [3.05, 3.63) is 54.1 Å². The first-order valence-electron chi connectivity index (χ1n) is 6.37. The number of hydrogen-bond acceptors (Lipinski definition) is 4. The van der Waals surface area contributed by atoms with E-state index in [1.54, 1.807) is 0 Å². The Hall–Kier alpha value is -2.52. The SMILES string of the molecule is NS(=O)(=O)c1ccc(NC(=O)CNc2cc(F)cc(F)c2)cc1. The van der Waals surface area contributed by atoms with E-state index in [0.29, 0.717) is 5.69 Å². The summed E-state index contributed by atoms with van der Waals surface area (Å²) in [5.74, 6) is -1.99. The van der Waals surface area contributed by atoms with Crippen LogP contribution in [0.5, 0.6) is 0 Å². The molecule has 2 rings (SSSR count). The number of nitrogens with one attached hydrogen (secondary N) is 2. The van der Waals surface area contributed by atoms with Crippen LogP contribution in [0, 0.1) is 11.6 Å². The van der Waals surface area contributed by atoms with Crippen molar-refractivity contribution < 1.29 is 22.0 Å². The van der Waals surface area contributed by atoms with Gasteiger partial charge in [-0.2, -0.15) is 0 Å². The first kappa shape index (κ1) is 16.8. The number of halogens is 2. The Labute approximate surface area is 131 Å². The molecule has 0 aliphatic heterocycles. The number of anilines is 2. The first-order chi connectivity index (χ1) is 10.7. The summed E-state index contributed by atoms with van der Waals surface area (Å²) >= 11 is 0. The summed E-state index contributed by atoms with van der Waals surface area (Å²) in [5, 5.41) is 10.0. The molecule has 0 aromatic heterocycles. The van der Waals surface area contributed by atoms with Gasteiger partial charge in [0.25, 0.3) is 0 Å². The Morgan fingerprint density at radius 3 is 2.09 bits per heavy atom. The molecule has 0 saturated carbocycles. The maximum atomic E-state index is 13.0. The van der Waals surface area contributed by atoms with Crippen LogP contribution in [0.15, 0.2) is 47.4 Å². The van der Waals surface area contributed by atoms with Crippen molar-refractivity contribution in [2.24, 2.45) is 5.14 Å². The van der Waals surface area contributed by atoms with Gasteiger partial charge in [0, 0.05) is 17.4 Å². The van der Waals surface area contributed by atoms with Crippen LogP contribution in [0.4, 0.5) is 20.2 Å². The molecule has 0 saturated heterocycles. The fraction of sp³-hybridized carbons (Fsp3) is 0.0714. The Morgan fingerprint density at radius 1 is 1.00 bits per heavy atom. The number of hydrogen-bond donors (Lipinski definition) is 3. The number of rotatable bonds is 5. The largest absolute Gasteiger partial charge is 0.376 e. The van der Waals surface area contributed by atoms with Crippen molar-refractivity contribution in [3.63, 3.8) is 0 Å². The van der Waals surface area contributed by atoms with Crippen molar-refractivity contribution in [1.29, 1.82) is 0 Å². The fourth-order valence-electron chi connectivity index (χ4n) is 1.77. The normalized spacial score (nSPS) is 11.1. The van der Waals surface area contributed by atoms with Gasteiger partial charge >= 0.3 is 0 Å². The quantitative estimate of drug-likeness (QED) is 0.770. The fourth-order valence-corrected chi connectivity index (χ4v) is 2.29. The van der Waals surface area contributed by atoms with Crippen LogP contribution in [0.2, 0.25) is 0 Å². The van der Waals surface area contributed by atoms with E-state index in [1.165, 1.54) is 24.3 Å². The van der Waals surface area contributed by atoms with Gasteiger partial charge in [-0.05, 0) is 36.4 Å². The van der Waals surface area contributed by atoms with Gasteiger partial charge < -0.3 is 10.6 Å². The van der Waals surface area contributed by atoms with Crippen molar-refractivity contribution in [2.75, 3.05) is 17.2 Å². The lowest BCUT2D eigenvalue weighted by molar-refractivity contribution is -0.114. The van der Waals surface area contributed by atoms with Crippen LogP contribution >= 0.6 is 0 Å². The number of carbonyl (C=O) groups is 1. The Bertz CT molecular complexity index is 803. The minimum Gasteiger partial charge on any atom is -0.376 e. The average Bonchev–Trinajstić information content (AvgIpc) is 2.44. The highest BCUT2D eigenvalue weighted by molar-refractivity contribution is 7.89. The number of nitrogens with two attached hydrogens (primary N) is 1. The van der Waals surface area contributed by atoms with E-state index in [2.05, 4.69) is 10.6 Å². The highest BCUT2D eigenvalue weighted by atomic mass is 32.2. The molecule has 0 radical (unpaired) electrons. The average molecular weight is 341 g/mol. The zero-order valence-corrected chi connectivity index (χ0v) is 12.5. The highest BCUT2D eigenvalue weighted by Gasteiger charge is 2.08. The summed E-state index contributed by atoms with van der Waals surface area (Å²) in [5.41, 5.74) is 0.483. The van der Waals surface area contributed by atoms with Crippen molar-refractivity contribution >= 4 is 27.3 Å². The molecule has 9 heteroatoms. The maximum absolute atomic E-state index is 13.0. The summed E-state index contributed by atoms with van der Waals surface area (Å²) in [4.78, 5) is 11.7. The standard InChI is InChI=1S/C14H13F2N3O3S/c15-9-5-10(16)7-12(6-9)18-8-14(20)19-11-1-3-13(4-2-11)23(17,21)22/h1-7,18H,8H2,(H,19,20)(H2,17,21,22). The lowest BCUT2D eigenvalue weighted by Gasteiger charge is -2.08. The molecule has 0 unspecified atom stereocenters. The molecule has 0 aliphatic carbocycles. The smallest absolute Gasteiger partial charge is 0.243 e. The third kappa shape index (κ3) is 5.01. The summed E-state index contributed by atoms with van der Waals surface area (Å²) in [7, 11) is -3.80. The van der Waals surface area contributed by atoms with Crippen molar-refractivity contribution in [1.82, 2.24) is 0 Å². The molecule has 0 spiro atoms. The van der Waals surface area contributed by atoms with Gasteiger partial charge in [-0.1, -0.05) is 0 Å². The molecule has 4 N–H and O–H groups in total. The van der Waals surface area contributed by atoms with Gasteiger partial charge in [0.1, 0.15) is 11.6 Å². The zero-order valence-electron chi connectivity index (χ0n) is 11.7. The third-order valence-corrected chi connectivity index (χ3v) is 3.71. The molecule has 2 aromatic rings. The Balaban J connectivity index is 1.94. The topological polar surface area (TPSA) is 101 Å². The van der Waals surface area contributed by atoms with E-state index in [9.17, 15) is 22.0 Å². The molecular weight excluding hydrogens is 328 g/mol. The molecule has 0 atom stereocenters. The van der Waals surface area contributed by atoms with Gasteiger partial charge in [0.05, 0.1) is 11.4 Å². The van der Waals surface area contributed by atoms with Crippen LogP contribution in [0.1, 0.15) is 0 Å². The maximum Gasteiger partial charge on any atom is 0.243 e. The summed E-state index contributed by atoms with van der Waals surface area (Å²) in [6, 6.07) is 8.08. The molecule has 0 fully saturated rings. The van der Waals surface area contributed by atoms with E-state index in [-0.39, 0.29) is 17.1 Å². The van der Waals surface area contributed by atoms with Gasteiger partial charge in [-0.15, -0.1) is 0 Å². The molecule has 0 bridgehead atoms. The van der Waals surface area contributed by atoms with E-state index in [4.69, 9.17) is 5.14 Å². The third-order valence-electron chi connectivity index (χ3n) is 2.78. The van der Waals surface area contributed by atoms with Gasteiger partial charge in [0.15, 0.2) is 0 Å². The van der Waals surface area contributed by atoms with Crippen molar-refractivity contribution in [3.8, 4) is 0 Å². The predicted octanol–water partition coefficient (Wildman–Crippen LogP) is 1.66. The first-order valence-corrected chi connectivity index (χ1v) is 7.91. The van der Waals surface area contributed by atoms with Crippen LogP contribution < -0.4 is 15.8 Å². The van der Waals surface area contributed by atoms with Gasteiger partial charge in [-0.25, -0.2) is 22.3 Å². The van der Waals surface area contributed by atoms with Gasteiger partial charge in [-0.3, -0.25) is 4.79 Å². The molecule has 23 heavy (non-hydrogen) atoms. The van der Waals surface area contributed by atoms with E-state index in [1.807, 2.05) is 0 Å². The minimum absolute atomic E-state index is 0.0798.